The van der Waals surface area contributed by atoms with Crippen LogP contribution in [0.4, 0.5) is 8.78 Å². The fourth-order valence-corrected chi connectivity index (χ4v) is 2.36. The maximum atomic E-state index is 13.8. The third kappa shape index (κ3) is 6.22. The Morgan fingerprint density at radius 2 is 2.00 bits per heavy atom. The molecule has 1 atom stereocenters. The topological polar surface area (TPSA) is 62.5 Å². The molecule has 2 aromatic rings. The zero-order valence-electron chi connectivity index (χ0n) is 15.4. The van der Waals surface area contributed by atoms with Crippen LogP contribution in [-0.4, -0.2) is 24.0 Å². The summed E-state index contributed by atoms with van der Waals surface area (Å²) in [5.74, 6) is 0.657. The molecular weight excluding hydrogens is 453 g/mol. The van der Waals surface area contributed by atoms with E-state index in [-0.39, 0.29) is 29.9 Å². The Morgan fingerprint density at radius 1 is 1.27 bits per heavy atom. The van der Waals surface area contributed by atoms with E-state index in [1.807, 2.05) is 27.7 Å². The number of guanidine groups is 1. The Morgan fingerprint density at radius 3 is 2.58 bits per heavy atom. The molecule has 26 heavy (non-hydrogen) atoms. The molecular formula is C18H25F2IN4O. The van der Waals surface area contributed by atoms with Crippen LogP contribution in [0.25, 0.3) is 0 Å². The van der Waals surface area contributed by atoms with Crippen LogP contribution in [0.1, 0.15) is 42.7 Å². The van der Waals surface area contributed by atoms with Crippen LogP contribution >= 0.6 is 24.0 Å². The van der Waals surface area contributed by atoms with Gasteiger partial charge in [0.1, 0.15) is 23.9 Å². The van der Waals surface area contributed by atoms with Crippen molar-refractivity contribution in [2.24, 2.45) is 4.99 Å². The number of aromatic nitrogens is 1. The number of aliphatic imine (C=N–C) groups is 1. The van der Waals surface area contributed by atoms with E-state index >= 15 is 0 Å². The number of aryl methyl sites for hydroxylation is 2. The van der Waals surface area contributed by atoms with Gasteiger partial charge in [-0.3, -0.25) is 0 Å². The Hall–Kier alpha value is -1.71. The van der Waals surface area contributed by atoms with Gasteiger partial charge in [0.15, 0.2) is 5.96 Å². The predicted molar refractivity (Wildman–Crippen MR) is 109 cm³/mol. The molecule has 144 valence electrons. The Bertz CT molecular complexity index is 729. The van der Waals surface area contributed by atoms with Crippen molar-refractivity contribution in [3.63, 3.8) is 0 Å². The number of oxazole rings is 1. The van der Waals surface area contributed by atoms with Crippen molar-refractivity contribution in [2.75, 3.05) is 13.1 Å². The molecule has 0 spiro atoms. The first kappa shape index (κ1) is 22.3. The molecule has 0 radical (unpaired) electrons. The summed E-state index contributed by atoms with van der Waals surface area (Å²) in [5.41, 5.74) is 1.31. The largest absolute Gasteiger partial charge is 0.444 e. The average molecular weight is 478 g/mol. The van der Waals surface area contributed by atoms with Gasteiger partial charge in [-0.1, -0.05) is 13.0 Å². The predicted octanol–water partition coefficient (Wildman–Crippen LogP) is 4.05. The minimum absolute atomic E-state index is 0. The zero-order valence-corrected chi connectivity index (χ0v) is 17.7. The second-order valence-corrected chi connectivity index (χ2v) is 5.89. The highest BCUT2D eigenvalue weighted by atomic mass is 127. The van der Waals surface area contributed by atoms with Crippen LogP contribution in [0.5, 0.6) is 0 Å². The number of rotatable bonds is 6. The Kier molecular flexibility index (Phi) is 8.97. The fourth-order valence-electron chi connectivity index (χ4n) is 2.36. The van der Waals surface area contributed by atoms with Gasteiger partial charge in [0.25, 0.3) is 0 Å². The molecule has 0 saturated heterocycles. The molecule has 0 saturated carbocycles. The summed E-state index contributed by atoms with van der Waals surface area (Å²) in [6.45, 7) is 9.02. The first-order valence-electron chi connectivity index (χ1n) is 8.30. The van der Waals surface area contributed by atoms with Gasteiger partial charge in [-0.05, 0) is 32.4 Å². The van der Waals surface area contributed by atoms with E-state index in [0.717, 1.165) is 17.5 Å². The standard InChI is InChI=1S/C18H24F2N4O.HI/c1-5-21-18(23-10-17-24-12(3)13(4)25-17)22-9-11(2)15-7-6-14(19)8-16(15)20;/h6-8,11H,5,9-10H2,1-4H3,(H2,21,22,23);1H. The highest BCUT2D eigenvalue weighted by Gasteiger charge is 2.12. The monoisotopic (exact) mass is 478 g/mol. The molecule has 2 N–H and O–H groups in total. The van der Waals surface area contributed by atoms with Crippen molar-refractivity contribution in [3.8, 4) is 0 Å². The molecule has 0 aliphatic heterocycles. The van der Waals surface area contributed by atoms with Crippen LogP contribution in [0.15, 0.2) is 27.6 Å². The van der Waals surface area contributed by atoms with Gasteiger partial charge in [-0.25, -0.2) is 18.8 Å². The van der Waals surface area contributed by atoms with Crippen LogP contribution in [0.3, 0.4) is 0 Å². The number of halogens is 3. The van der Waals surface area contributed by atoms with E-state index in [1.54, 1.807) is 0 Å². The van der Waals surface area contributed by atoms with Crippen LogP contribution in [0.2, 0.25) is 0 Å². The average Bonchev–Trinajstić information content (AvgIpc) is 2.88. The summed E-state index contributed by atoms with van der Waals surface area (Å²) in [7, 11) is 0. The van der Waals surface area contributed by atoms with Gasteiger partial charge < -0.3 is 15.1 Å². The van der Waals surface area contributed by atoms with E-state index < -0.39 is 11.6 Å². The summed E-state index contributed by atoms with van der Waals surface area (Å²) in [5, 5.41) is 6.28. The lowest BCUT2D eigenvalue weighted by Gasteiger charge is -2.16. The van der Waals surface area contributed by atoms with Gasteiger partial charge >= 0.3 is 0 Å². The van der Waals surface area contributed by atoms with Gasteiger partial charge in [0.2, 0.25) is 5.89 Å². The van der Waals surface area contributed by atoms with Crippen LogP contribution in [0, 0.1) is 25.5 Å². The number of nitrogens with zero attached hydrogens (tertiary/aromatic N) is 2. The Labute approximate surface area is 169 Å². The Balaban J connectivity index is 0.00000338. The summed E-state index contributed by atoms with van der Waals surface area (Å²) in [6, 6.07) is 3.64. The summed E-state index contributed by atoms with van der Waals surface area (Å²) < 4.78 is 32.4. The molecule has 5 nitrogen and oxygen atoms in total. The van der Waals surface area contributed by atoms with Gasteiger partial charge in [-0.15, -0.1) is 24.0 Å². The second kappa shape index (κ2) is 10.4. The minimum Gasteiger partial charge on any atom is -0.444 e. The van der Waals surface area contributed by atoms with Gasteiger partial charge in [0, 0.05) is 25.1 Å². The van der Waals surface area contributed by atoms with Crippen molar-refractivity contribution in [2.45, 2.75) is 40.2 Å². The number of hydrogen-bond donors (Lipinski definition) is 2. The molecule has 1 unspecified atom stereocenters. The maximum absolute atomic E-state index is 13.8. The molecule has 0 amide bonds. The summed E-state index contributed by atoms with van der Waals surface area (Å²) >= 11 is 0. The van der Waals surface area contributed by atoms with E-state index in [0.29, 0.717) is 37.0 Å². The number of hydrogen-bond acceptors (Lipinski definition) is 3. The van der Waals surface area contributed by atoms with Crippen LogP contribution < -0.4 is 10.6 Å². The van der Waals surface area contributed by atoms with Crippen molar-refractivity contribution in [3.05, 3.63) is 52.7 Å². The van der Waals surface area contributed by atoms with Crippen molar-refractivity contribution in [1.29, 1.82) is 0 Å². The lowest BCUT2D eigenvalue weighted by atomic mass is 10.0. The lowest BCUT2D eigenvalue weighted by Crippen LogP contribution is -2.39. The second-order valence-electron chi connectivity index (χ2n) is 5.89. The fraction of sp³-hybridized carbons (Fsp3) is 0.444. The third-order valence-electron chi connectivity index (χ3n) is 3.86. The highest BCUT2D eigenvalue weighted by molar-refractivity contribution is 14.0. The molecule has 1 heterocycles. The summed E-state index contributed by atoms with van der Waals surface area (Å²) in [4.78, 5) is 8.72. The summed E-state index contributed by atoms with van der Waals surface area (Å²) in [6.07, 6.45) is 0. The molecule has 1 aromatic carbocycles. The van der Waals surface area contributed by atoms with Crippen molar-refractivity contribution < 1.29 is 13.2 Å². The SMILES string of the molecule is CCNC(=NCc1nc(C)c(C)o1)NCC(C)c1ccc(F)cc1F.I. The molecule has 0 aliphatic carbocycles. The molecule has 0 aliphatic rings. The third-order valence-corrected chi connectivity index (χ3v) is 3.86. The van der Waals surface area contributed by atoms with Crippen molar-refractivity contribution >= 4 is 29.9 Å². The minimum atomic E-state index is -0.576. The van der Waals surface area contributed by atoms with E-state index in [4.69, 9.17) is 4.42 Å². The smallest absolute Gasteiger partial charge is 0.216 e. The quantitative estimate of drug-likeness (QED) is 0.374. The molecule has 0 fully saturated rings. The molecule has 8 heteroatoms. The zero-order chi connectivity index (χ0) is 18.4. The first-order chi connectivity index (χ1) is 11.9. The molecule has 0 bridgehead atoms. The first-order valence-corrected chi connectivity index (χ1v) is 8.30. The van der Waals surface area contributed by atoms with E-state index in [9.17, 15) is 8.78 Å². The van der Waals surface area contributed by atoms with Gasteiger partial charge in [-0.2, -0.15) is 0 Å². The van der Waals surface area contributed by atoms with Crippen molar-refractivity contribution in [1.82, 2.24) is 15.6 Å². The number of nitrogens with one attached hydrogen (secondary N) is 2. The van der Waals surface area contributed by atoms with E-state index in [1.165, 1.54) is 12.1 Å². The van der Waals surface area contributed by atoms with E-state index in [2.05, 4.69) is 20.6 Å². The van der Waals surface area contributed by atoms with Crippen LogP contribution in [-0.2, 0) is 6.54 Å². The number of benzene rings is 1. The molecule has 1 aromatic heterocycles. The maximum Gasteiger partial charge on any atom is 0.216 e. The van der Waals surface area contributed by atoms with Gasteiger partial charge in [0.05, 0.1) is 5.69 Å². The highest BCUT2D eigenvalue weighted by Crippen LogP contribution is 2.19. The normalized spacial score (nSPS) is 12.5. The lowest BCUT2D eigenvalue weighted by molar-refractivity contribution is 0.472. The molecule has 2 rings (SSSR count).